The van der Waals surface area contributed by atoms with Gasteiger partial charge in [-0.3, -0.25) is 14.4 Å². The quantitative estimate of drug-likeness (QED) is 0.0370. The van der Waals surface area contributed by atoms with Crippen LogP contribution in [0.3, 0.4) is 0 Å². The van der Waals surface area contributed by atoms with E-state index in [0.29, 0.717) is 48.7 Å². The minimum atomic E-state index is -4.97. The lowest BCUT2D eigenvalue weighted by atomic mass is 9.94. The van der Waals surface area contributed by atoms with E-state index < -0.39 is 46.8 Å². The van der Waals surface area contributed by atoms with E-state index in [1.807, 2.05) is 55.6 Å². The summed E-state index contributed by atoms with van der Waals surface area (Å²) in [6, 6.07) is 26.8. The summed E-state index contributed by atoms with van der Waals surface area (Å²) in [5, 5.41) is 7.69. The fourth-order valence-electron chi connectivity index (χ4n) is 6.37. The van der Waals surface area contributed by atoms with Crippen molar-refractivity contribution in [2.75, 3.05) is 39.1 Å². The fraction of sp³-hybridized carbons (Fsp3) is 0.277. The summed E-state index contributed by atoms with van der Waals surface area (Å²) in [5.74, 6) is -2.05. The minimum Gasteiger partial charge on any atom is -0.494 e. The molecule has 0 saturated heterocycles. The number of anilines is 1. The molecule has 0 aromatic heterocycles. The van der Waals surface area contributed by atoms with Gasteiger partial charge in [0.1, 0.15) is 17.9 Å². The van der Waals surface area contributed by atoms with Crippen LogP contribution in [-0.2, 0) is 46.1 Å². The SMILES string of the molecule is CN.CNCCCOc1ccc(C(Cc2ccc(NC(=O)c3cccc(C(F)(F)F)c3F)cc2C)N(C=O)Cc2ccc(Cc3cccc(C(F)(F)F)c3)cc2)cc1.O=CCNC=O. The number of carbonyl (C=O) groups is 4. The number of hydrogen-bond donors (Lipinski definition) is 4. The molecule has 5 aromatic rings. The Labute approximate surface area is 367 Å². The average molecular weight is 898 g/mol. The fourth-order valence-corrected chi connectivity index (χ4v) is 6.37. The summed E-state index contributed by atoms with van der Waals surface area (Å²) >= 11 is 0. The Balaban J connectivity index is 0.00000125. The van der Waals surface area contributed by atoms with E-state index in [1.165, 1.54) is 13.1 Å². The van der Waals surface area contributed by atoms with Gasteiger partial charge in [0.2, 0.25) is 12.8 Å². The van der Waals surface area contributed by atoms with Gasteiger partial charge in [-0.05, 0) is 123 Å². The van der Waals surface area contributed by atoms with Crippen LogP contribution in [-0.4, -0.2) is 63.7 Å². The van der Waals surface area contributed by atoms with Crippen molar-refractivity contribution >= 4 is 30.7 Å². The topological polar surface area (TPSA) is 143 Å². The summed E-state index contributed by atoms with van der Waals surface area (Å²) in [6.07, 6.45) is -6.14. The number of nitrogens with zero attached hydrogens (tertiary/aromatic N) is 1. The molecule has 5 N–H and O–H groups in total. The normalized spacial score (nSPS) is 11.4. The maximum Gasteiger partial charge on any atom is 0.419 e. The van der Waals surface area contributed by atoms with E-state index >= 15 is 0 Å². The van der Waals surface area contributed by atoms with Crippen molar-refractivity contribution in [2.45, 2.75) is 51.1 Å². The van der Waals surface area contributed by atoms with Crippen LogP contribution in [0.15, 0.2) is 109 Å². The number of halogens is 7. The molecule has 0 saturated carbocycles. The Morgan fingerprint density at radius 2 is 1.48 bits per heavy atom. The van der Waals surface area contributed by atoms with Crippen LogP contribution in [0.4, 0.5) is 36.4 Å². The van der Waals surface area contributed by atoms with E-state index in [-0.39, 0.29) is 25.2 Å². The number of nitrogens with one attached hydrogen (secondary N) is 3. The number of alkyl halides is 6. The molecule has 0 aliphatic carbocycles. The first kappa shape index (κ1) is 51.8. The number of aldehydes is 1. The van der Waals surface area contributed by atoms with Crippen molar-refractivity contribution in [2.24, 2.45) is 5.73 Å². The molecular weight excluding hydrogens is 848 g/mol. The van der Waals surface area contributed by atoms with Crippen LogP contribution in [0.2, 0.25) is 0 Å². The van der Waals surface area contributed by atoms with Crippen LogP contribution in [0, 0.1) is 12.7 Å². The highest BCUT2D eigenvalue weighted by molar-refractivity contribution is 6.04. The largest absolute Gasteiger partial charge is 0.494 e. The van der Waals surface area contributed by atoms with Crippen molar-refractivity contribution in [3.05, 3.63) is 165 Å². The lowest BCUT2D eigenvalue weighted by Crippen LogP contribution is -2.29. The predicted molar refractivity (Wildman–Crippen MR) is 230 cm³/mol. The molecule has 10 nitrogen and oxygen atoms in total. The molecule has 3 amide bonds. The van der Waals surface area contributed by atoms with E-state index in [1.54, 1.807) is 36.1 Å². The van der Waals surface area contributed by atoms with Gasteiger partial charge in [-0.25, -0.2) is 4.39 Å². The van der Waals surface area contributed by atoms with E-state index in [4.69, 9.17) is 4.74 Å². The van der Waals surface area contributed by atoms with Gasteiger partial charge in [0, 0.05) is 12.2 Å². The molecule has 0 bridgehead atoms. The molecule has 5 rings (SSSR count). The molecule has 0 spiro atoms. The minimum absolute atomic E-state index is 0.115. The third-order valence-electron chi connectivity index (χ3n) is 9.54. The van der Waals surface area contributed by atoms with Gasteiger partial charge in [0.05, 0.1) is 35.9 Å². The number of ether oxygens (including phenoxy) is 1. The Morgan fingerprint density at radius 1 is 0.812 bits per heavy atom. The molecule has 0 radical (unpaired) electrons. The van der Waals surface area contributed by atoms with Crippen molar-refractivity contribution in [3.63, 3.8) is 0 Å². The maximum absolute atomic E-state index is 14.7. The summed E-state index contributed by atoms with van der Waals surface area (Å²) in [4.78, 5) is 45.9. The number of amides is 3. The van der Waals surface area contributed by atoms with Crippen molar-refractivity contribution < 1.29 is 54.6 Å². The highest BCUT2D eigenvalue weighted by Gasteiger charge is 2.36. The van der Waals surface area contributed by atoms with E-state index in [0.717, 1.165) is 65.9 Å². The van der Waals surface area contributed by atoms with Gasteiger partial charge in [0.15, 0.2) is 0 Å². The molecule has 342 valence electrons. The second kappa shape index (κ2) is 25.5. The Kier molecular flexibility index (Phi) is 20.6. The first-order chi connectivity index (χ1) is 30.6. The average Bonchev–Trinajstić information content (AvgIpc) is 3.27. The second-order valence-corrected chi connectivity index (χ2v) is 14.0. The Bertz CT molecular complexity index is 2250. The van der Waals surface area contributed by atoms with Crippen molar-refractivity contribution in [1.29, 1.82) is 0 Å². The number of aryl methyl sites for hydroxylation is 1. The number of hydrogen-bond acceptors (Lipinski definition) is 7. The lowest BCUT2D eigenvalue weighted by Gasteiger charge is -2.30. The van der Waals surface area contributed by atoms with E-state index in [9.17, 15) is 49.9 Å². The third-order valence-corrected chi connectivity index (χ3v) is 9.54. The lowest BCUT2D eigenvalue weighted by molar-refractivity contribution is -0.140. The van der Waals surface area contributed by atoms with Crippen molar-refractivity contribution in [3.8, 4) is 5.75 Å². The third kappa shape index (κ3) is 16.0. The smallest absolute Gasteiger partial charge is 0.419 e. The Morgan fingerprint density at radius 3 is 2.06 bits per heavy atom. The monoisotopic (exact) mass is 897 g/mol. The molecule has 0 fully saturated rings. The maximum atomic E-state index is 14.7. The molecule has 0 aliphatic rings. The molecule has 5 aromatic carbocycles. The Hall–Kier alpha value is -6.59. The van der Waals surface area contributed by atoms with Gasteiger partial charge in [0.25, 0.3) is 5.91 Å². The highest BCUT2D eigenvalue weighted by Crippen LogP contribution is 2.34. The predicted octanol–water partition coefficient (Wildman–Crippen LogP) is 8.45. The van der Waals surface area contributed by atoms with Crippen LogP contribution < -0.4 is 26.4 Å². The second-order valence-electron chi connectivity index (χ2n) is 14.0. The molecule has 1 atom stereocenters. The van der Waals surface area contributed by atoms with Crippen molar-refractivity contribution in [1.82, 2.24) is 15.5 Å². The van der Waals surface area contributed by atoms with Gasteiger partial charge in [-0.1, -0.05) is 66.7 Å². The zero-order valence-electron chi connectivity index (χ0n) is 35.4. The first-order valence-corrected chi connectivity index (χ1v) is 19.8. The number of carbonyl (C=O) groups excluding carboxylic acids is 4. The summed E-state index contributed by atoms with van der Waals surface area (Å²) < 4.78 is 99.9. The van der Waals surface area contributed by atoms with Crippen LogP contribution in [0.5, 0.6) is 5.75 Å². The zero-order chi connectivity index (χ0) is 47.3. The van der Waals surface area contributed by atoms with Gasteiger partial charge < -0.3 is 36.1 Å². The standard InChI is InChI=1S/C43H40F7N3O3.C3H5NO2.CH5N/c1-28-22-35(52-41(55)37-8-4-9-38(40(37)44)43(48,49)50)17-14-33(28)25-39(32-15-18-36(19-16-32)56-21-5-20-51-2)53(27-54)26-30-12-10-29(11-13-30)23-31-6-3-7-34(24-31)42(45,46)47;5-2-1-4-3-6;1-2/h3-4,6-19,22,24,27,39,51H,5,20-21,23,25-26H2,1-2H3,(H,52,55);2-3H,1H2,(H,4,6);2H2,1H3. The number of benzene rings is 5. The van der Waals surface area contributed by atoms with Gasteiger partial charge in [-0.2, -0.15) is 26.3 Å². The van der Waals surface area contributed by atoms with Gasteiger partial charge >= 0.3 is 12.4 Å². The molecule has 1 unspecified atom stereocenters. The number of rotatable bonds is 19. The summed E-state index contributed by atoms with van der Waals surface area (Å²) in [7, 11) is 3.36. The highest BCUT2D eigenvalue weighted by atomic mass is 19.4. The molecule has 17 heteroatoms. The van der Waals surface area contributed by atoms with Crippen LogP contribution in [0.1, 0.15) is 67.3 Å². The van der Waals surface area contributed by atoms with Crippen LogP contribution in [0.25, 0.3) is 0 Å². The van der Waals surface area contributed by atoms with Gasteiger partial charge in [-0.15, -0.1) is 0 Å². The van der Waals surface area contributed by atoms with Crippen LogP contribution >= 0.6 is 0 Å². The summed E-state index contributed by atoms with van der Waals surface area (Å²) in [5.41, 5.74) is 6.14. The van der Waals surface area contributed by atoms with E-state index in [2.05, 4.69) is 21.7 Å². The molecule has 0 heterocycles. The molecule has 64 heavy (non-hydrogen) atoms. The first-order valence-electron chi connectivity index (χ1n) is 19.8. The zero-order valence-corrected chi connectivity index (χ0v) is 35.4. The molecule has 0 aliphatic heterocycles. The molecular formula is C47H50F7N5O5. The summed E-state index contributed by atoms with van der Waals surface area (Å²) in [6.45, 7) is 3.41. The number of nitrogens with two attached hydrogens (primary N) is 1.